The number of halogens is 1. The fraction of sp³-hybridized carbons (Fsp3) is 0.286. The first-order chi connectivity index (χ1) is 9.38. The Bertz CT molecular complexity index is 545. The quantitative estimate of drug-likeness (QED) is 0.567. The molecule has 0 heterocycles. The molecule has 20 heavy (non-hydrogen) atoms. The summed E-state index contributed by atoms with van der Waals surface area (Å²) >= 11 is 3.30. The molecule has 0 aliphatic rings. The van der Waals surface area contributed by atoms with Crippen LogP contribution in [0.4, 0.5) is 5.69 Å². The summed E-state index contributed by atoms with van der Waals surface area (Å²) in [5, 5.41) is 23.6. The predicted molar refractivity (Wildman–Crippen MR) is 80.8 cm³/mol. The van der Waals surface area contributed by atoms with Crippen molar-refractivity contribution >= 4 is 27.5 Å². The van der Waals surface area contributed by atoms with E-state index in [1.165, 1.54) is 6.20 Å². The van der Waals surface area contributed by atoms with Gasteiger partial charge in [0.1, 0.15) is 11.6 Å². The lowest BCUT2D eigenvalue weighted by Crippen LogP contribution is -2.39. The van der Waals surface area contributed by atoms with Gasteiger partial charge in [-0.05, 0) is 38.1 Å². The topological polar surface area (TPSA) is 85.2 Å². The van der Waals surface area contributed by atoms with Gasteiger partial charge in [0.2, 0.25) is 0 Å². The molecule has 106 valence electrons. The summed E-state index contributed by atoms with van der Waals surface area (Å²) in [6.07, 6.45) is 1.31. The second kappa shape index (κ2) is 7.08. The maximum Gasteiger partial charge on any atom is 0.267 e. The fourth-order valence-corrected chi connectivity index (χ4v) is 1.46. The van der Waals surface area contributed by atoms with Crippen LogP contribution in [0, 0.1) is 11.3 Å². The number of hydrogen-bond acceptors (Lipinski definition) is 4. The van der Waals surface area contributed by atoms with Crippen molar-refractivity contribution in [2.45, 2.75) is 19.4 Å². The first-order valence-corrected chi connectivity index (χ1v) is 6.73. The smallest absolute Gasteiger partial charge is 0.267 e. The molecule has 0 fully saturated rings. The van der Waals surface area contributed by atoms with Gasteiger partial charge in [0, 0.05) is 16.4 Å². The molecule has 0 aliphatic carbocycles. The lowest BCUT2D eigenvalue weighted by molar-refractivity contribution is -0.112. The minimum absolute atomic E-state index is 0.0607. The summed E-state index contributed by atoms with van der Waals surface area (Å²) in [5.41, 5.74) is -0.0600. The zero-order valence-corrected chi connectivity index (χ0v) is 12.9. The molecule has 3 N–H and O–H groups in total. The number of hydrogen-bond donors (Lipinski definition) is 3. The van der Waals surface area contributed by atoms with Crippen LogP contribution in [0.15, 0.2) is 40.5 Å². The minimum atomic E-state index is -0.597. The van der Waals surface area contributed by atoms with Gasteiger partial charge in [0.15, 0.2) is 0 Å². The molecule has 0 spiro atoms. The predicted octanol–water partition coefficient (Wildman–Crippen LogP) is 2.16. The number of nitrogens with zero attached hydrogens (tertiary/aromatic N) is 1. The molecule has 0 aliphatic heterocycles. The standard InChI is InChI=1S/C14H16BrN3O2/c1-14(2,9-19)17-8-10(7-16)13(20)18-12-5-3-11(15)4-6-12/h3-6,8,17,19H,9H2,1-2H3,(H,18,20)/b10-8-. The molecule has 0 bridgehead atoms. The summed E-state index contributed by atoms with van der Waals surface area (Å²) < 4.78 is 0.901. The monoisotopic (exact) mass is 337 g/mol. The largest absolute Gasteiger partial charge is 0.394 e. The van der Waals surface area contributed by atoms with Crippen LogP contribution in [0.3, 0.4) is 0 Å². The van der Waals surface area contributed by atoms with Gasteiger partial charge < -0.3 is 15.7 Å². The molecule has 0 saturated carbocycles. The van der Waals surface area contributed by atoms with Crippen LogP contribution in [0.25, 0.3) is 0 Å². The highest BCUT2D eigenvalue weighted by atomic mass is 79.9. The van der Waals surface area contributed by atoms with Crippen LogP contribution < -0.4 is 10.6 Å². The number of carbonyl (C=O) groups excluding carboxylic acids is 1. The van der Waals surface area contributed by atoms with Crippen molar-refractivity contribution in [3.63, 3.8) is 0 Å². The molecule has 1 rings (SSSR count). The second-order valence-corrected chi connectivity index (χ2v) is 5.73. The van der Waals surface area contributed by atoms with E-state index in [4.69, 9.17) is 10.4 Å². The van der Waals surface area contributed by atoms with E-state index in [2.05, 4.69) is 26.6 Å². The molecule has 0 unspecified atom stereocenters. The normalized spacial score (nSPS) is 11.7. The van der Waals surface area contributed by atoms with E-state index < -0.39 is 11.4 Å². The summed E-state index contributed by atoms with van der Waals surface area (Å²) in [4.78, 5) is 11.9. The Labute approximate surface area is 126 Å². The molecule has 1 aromatic rings. The third-order valence-electron chi connectivity index (χ3n) is 2.47. The number of rotatable bonds is 5. The van der Waals surface area contributed by atoms with E-state index in [1.54, 1.807) is 38.1 Å². The third-order valence-corrected chi connectivity index (χ3v) is 3.00. The van der Waals surface area contributed by atoms with Crippen LogP contribution in [0.2, 0.25) is 0 Å². The Balaban J connectivity index is 2.75. The Morgan fingerprint density at radius 3 is 2.55 bits per heavy atom. The number of benzene rings is 1. The van der Waals surface area contributed by atoms with E-state index in [0.717, 1.165) is 4.47 Å². The van der Waals surface area contributed by atoms with E-state index in [1.807, 2.05) is 6.07 Å². The Morgan fingerprint density at radius 2 is 2.05 bits per heavy atom. The SMILES string of the molecule is CC(C)(CO)N/C=C(/C#N)C(=O)Nc1ccc(Br)cc1. The van der Waals surface area contributed by atoms with Crippen molar-refractivity contribution in [3.8, 4) is 6.07 Å². The number of aliphatic hydroxyl groups is 1. The molecule has 5 nitrogen and oxygen atoms in total. The molecule has 6 heteroatoms. The number of aliphatic hydroxyl groups excluding tert-OH is 1. The second-order valence-electron chi connectivity index (χ2n) is 4.82. The van der Waals surface area contributed by atoms with Gasteiger partial charge in [0.25, 0.3) is 5.91 Å². The fourth-order valence-electron chi connectivity index (χ4n) is 1.19. The summed E-state index contributed by atoms with van der Waals surface area (Å²) in [5.74, 6) is -0.504. The number of anilines is 1. The van der Waals surface area contributed by atoms with E-state index >= 15 is 0 Å². The highest BCUT2D eigenvalue weighted by Gasteiger charge is 2.15. The highest BCUT2D eigenvalue weighted by Crippen LogP contribution is 2.14. The van der Waals surface area contributed by atoms with Crippen LogP contribution in [0.1, 0.15) is 13.8 Å². The molecule has 1 aromatic carbocycles. The lowest BCUT2D eigenvalue weighted by atomic mass is 10.1. The average molecular weight is 338 g/mol. The van der Waals surface area contributed by atoms with Crippen molar-refractivity contribution in [1.82, 2.24) is 5.32 Å². The maximum atomic E-state index is 11.9. The van der Waals surface area contributed by atoms with Crippen molar-refractivity contribution < 1.29 is 9.90 Å². The average Bonchev–Trinajstić information content (AvgIpc) is 2.42. The molecule has 0 aromatic heterocycles. The Hall–Kier alpha value is -1.84. The third kappa shape index (κ3) is 5.03. The molecular weight excluding hydrogens is 322 g/mol. The van der Waals surface area contributed by atoms with E-state index in [9.17, 15) is 4.79 Å². The lowest BCUT2D eigenvalue weighted by Gasteiger charge is -2.22. The minimum Gasteiger partial charge on any atom is -0.394 e. The van der Waals surface area contributed by atoms with E-state index in [-0.39, 0.29) is 12.2 Å². The molecule has 0 saturated heterocycles. The zero-order chi connectivity index (χ0) is 15.2. The van der Waals surface area contributed by atoms with Gasteiger partial charge in [-0.25, -0.2) is 0 Å². The molecular formula is C14H16BrN3O2. The van der Waals surface area contributed by atoms with Gasteiger partial charge in [-0.3, -0.25) is 4.79 Å². The number of nitriles is 1. The summed E-state index contributed by atoms with van der Waals surface area (Å²) in [6, 6.07) is 8.85. The zero-order valence-electron chi connectivity index (χ0n) is 11.3. The summed E-state index contributed by atoms with van der Waals surface area (Å²) in [7, 11) is 0. The van der Waals surface area contributed by atoms with Crippen molar-refractivity contribution in [2.24, 2.45) is 0 Å². The number of amides is 1. The van der Waals surface area contributed by atoms with Crippen LogP contribution in [-0.2, 0) is 4.79 Å². The van der Waals surface area contributed by atoms with Crippen molar-refractivity contribution in [2.75, 3.05) is 11.9 Å². The van der Waals surface area contributed by atoms with Gasteiger partial charge in [-0.15, -0.1) is 0 Å². The molecule has 1 amide bonds. The van der Waals surface area contributed by atoms with Gasteiger partial charge in [-0.2, -0.15) is 5.26 Å². The van der Waals surface area contributed by atoms with Crippen molar-refractivity contribution in [1.29, 1.82) is 5.26 Å². The van der Waals surface area contributed by atoms with Crippen molar-refractivity contribution in [3.05, 3.63) is 40.5 Å². The molecule has 0 radical (unpaired) electrons. The highest BCUT2D eigenvalue weighted by molar-refractivity contribution is 9.10. The molecule has 0 atom stereocenters. The van der Waals surface area contributed by atoms with E-state index in [0.29, 0.717) is 5.69 Å². The Kier molecular flexibility index (Phi) is 5.74. The van der Waals surface area contributed by atoms with Gasteiger partial charge in [-0.1, -0.05) is 15.9 Å². The van der Waals surface area contributed by atoms with Crippen LogP contribution >= 0.6 is 15.9 Å². The first-order valence-electron chi connectivity index (χ1n) is 5.94. The van der Waals surface area contributed by atoms with Crippen LogP contribution in [-0.4, -0.2) is 23.2 Å². The Morgan fingerprint density at radius 1 is 1.45 bits per heavy atom. The number of carbonyl (C=O) groups is 1. The van der Waals surface area contributed by atoms with Gasteiger partial charge >= 0.3 is 0 Å². The van der Waals surface area contributed by atoms with Gasteiger partial charge in [0.05, 0.1) is 12.1 Å². The van der Waals surface area contributed by atoms with Crippen LogP contribution in [0.5, 0.6) is 0 Å². The summed E-state index contributed by atoms with van der Waals surface area (Å²) in [6.45, 7) is 3.40. The maximum absolute atomic E-state index is 11.9. The first kappa shape index (κ1) is 16.2. The number of nitrogens with one attached hydrogen (secondary N) is 2.